The van der Waals surface area contributed by atoms with Crippen molar-refractivity contribution in [1.82, 2.24) is 5.16 Å². The van der Waals surface area contributed by atoms with E-state index in [1.165, 1.54) is 0 Å². The molecular formula is C14H16N2O4. The first-order chi connectivity index (χ1) is 9.79. The second kappa shape index (κ2) is 5.42. The molecule has 2 aromatic rings. The zero-order valence-corrected chi connectivity index (χ0v) is 11.2. The Bertz CT molecular complexity index is 609. The third-order valence-electron chi connectivity index (χ3n) is 3.16. The average molecular weight is 276 g/mol. The first-order valence-electron chi connectivity index (χ1n) is 6.42. The van der Waals surface area contributed by atoms with Gasteiger partial charge >= 0.3 is 0 Å². The molecule has 106 valence electrons. The minimum Gasteiger partial charge on any atom is -0.486 e. The maximum Gasteiger partial charge on any atom is 0.230 e. The van der Waals surface area contributed by atoms with Crippen molar-refractivity contribution in [3.63, 3.8) is 0 Å². The third-order valence-corrected chi connectivity index (χ3v) is 3.16. The van der Waals surface area contributed by atoms with Gasteiger partial charge in [0.1, 0.15) is 13.2 Å². The Hall–Kier alpha value is -2.21. The van der Waals surface area contributed by atoms with E-state index in [4.69, 9.17) is 24.5 Å². The van der Waals surface area contributed by atoms with E-state index < -0.39 is 0 Å². The van der Waals surface area contributed by atoms with Crippen molar-refractivity contribution in [3.05, 3.63) is 23.9 Å². The second-order valence-electron chi connectivity index (χ2n) is 4.47. The van der Waals surface area contributed by atoms with Gasteiger partial charge in [-0.25, -0.2) is 0 Å². The molecule has 2 heterocycles. The summed E-state index contributed by atoms with van der Waals surface area (Å²) >= 11 is 0. The summed E-state index contributed by atoms with van der Waals surface area (Å²) in [4.78, 5) is 0. The van der Waals surface area contributed by atoms with E-state index in [1.54, 1.807) is 7.11 Å². The molecule has 0 unspecified atom stereocenters. The lowest BCUT2D eigenvalue weighted by Crippen LogP contribution is -2.15. The van der Waals surface area contributed by atoms with Crippen LogP contribution in [0.3, 0.4) is 0 Å². The van der Waals surface area contributed by atoms with Crippen LogP contribution in [0.25, 0.3) is 11.1 Å². The van der Waals surface area contributed by atoms with Crippen LogP contribution in [-0.2, 0) is 11.2 Å². The molecule has 0 amide bonds. The fraction of sp³-hybridized carbons (Fsp3) is 0.357. The highest BCUT2D eigenvalue weighted by Gasteiger charge is 2.19. The van der Waals surface area contributed by atoms with Crippen LogP contribution in [-0.4, -0.2) is 32.1 Å². The van der Waals surface area contributed by atoms with Crippen LogP contribution in [0.5, 0.6) is 11.5 Å². The predicted molar refractivity (Wildman–Crippen MR) is 72.9 cm³/mol. The van der Waals surface area contributed by atoms with Crippen molar-refractivity contribution in [2.75, 3.05) is 32.7 Å². The minimum absolute atomic E-state index is 0.299. The van der Waals surface area contributed by atoms with Crippen molar-refractivity contribution < 1.29 is 18.7 Å². The van der Waals surface area contributed by atoms with Crippen molar-refractivity contribution in [2.24, 2.45) is 0 Å². The summed E-state index contributed by atoms with van der Waals surface area (Å²) < 4.78 is 21.2. The molecule has 0 bridgehead atoms. The van der Waals surface area contributed by atoms with Crippen LogP contribution in [0.1, 0.15) is 5.69 Å². The van der Waals surface area contributed by atoms with Crippen LogP contribution in [0.4, 0.5) is 5.88 Å². The molecule has 1 aromatic carbocycles. The molecule has 1 aromatic heterocycles. The first-order valence-corrected chi connectivity index (χ1v) is 6.42. The normalized spacial score (nSPS) is 13.4. The number of fused-ring (bicyclic) bond motifs is 1. The lowest BCUT2D eigenvalue weighted by molar-refractivity contribution is 0.171. The molecule has 0 saturated carbocycles. The van der Waals surface area contributed by atoms with Gasteiger partial charge in [-0.15, -0.1) is 0 Å². The summed E-state index contributed by atoms with van der Waals surface area (Å²) in [5.74, 6) is 1.76. The molecule has 0 atom stereocenters. The van der Waals surface area contributed by atoms with Gasteiger partial charge in [-0.2, -0.15) is 0 Å². The van der Waals surface area contributed by atoms with Gasteiger partial charge in [-0.3, -0.25) is 0 Å². The Kier molecular flexibility index (Phi) is 3.47. The molecule has 1 aliphatic rings. The van der Waals surface area contributed by atoms with Gasteiger partial charge in [0, 0.05) is 13.5 Å². The summed E-state index contributed by atoms with van der Waals surface area (Å²) in [5.41, 5.74) is 8.35. The number of benzene rings is 1. The molecular weight excluding hydrogens is 260 g/mol. The standard InChI is InChI=1S/C14H16N2O4/c1-17-5-4-10-13(14(15)20-16-10)9-2-3-11-12(8-9)19-7-6-18-11/h2-3,8H,4-7,15H2,1H3. The number of aromatic nitrogens is 1. The second-order valence-corrected chi connectivity index (χ2v) is 4.47. The topological polar surface area (TPSA) is 79.7 Å². The number of rotatable bonds is 4. The summed E-state index contributed by atoms with van der Waals surface area (Å²) in [6.45, 7) is 1.68. The molecule has 3 rings (SSSR count). The zero-order chi connectivity index (χ0) is 13.9. The third kappa shape index (κ3) is 2.30. The molecule has 2 N–H and O–H groups in total. The number of ether oxygens (including phenoxy) is 3. The molecule has 0 saturated heterocycles. The van der Waals surface area contributed by atoms with Crippen LogP contribution in [0, 0.1) is 0 Å². The SMILES string of the molecule is COCCc1noc(N)c1-c1ccc2c(c1)OCCO2. The molecule has 6 nitrogen and oxygen atoms in total. The number of hydrogen-bond acceptors (Lipinski definition) is 6. The lowest BCUT2D eigenvalue weighted by Gasteiger charge is -2.18. The monoisotopic (exact) mass is 276 g/mol. The highest BCUT2D eigenvalue weighted by molar-refractivity contribution is 5.77. The van der Waals surface area contributed by atoms with Crippen molar-refractivity contribution in [1.29, 1.82) is 0 Å². The van der Waals surface area contributed by atoms with Gasteiger partial charge in [-0.05, 0) is 17.7 Å². The highest BCUT2D eigenvalue weighted by atomic mass is 16.6. The van der Waals surface area contributed by atoms with Gasteiger partial charge in [0.15, 0.2) is 11.5 Å². The first kappa shape index (κ1) is 12.8. The number of nitrogen functional groups attached to an aromatic ring is 1. The Labute approximate surface area is 116 Å². The highest BCUT2D eigenvalue weighted by Crippen LogP contribution is 2.37. The number of hydrogen-bond donors (Lipinski definition) is 1. The number of anilines is 1. The van der Waals surface area contributed by atoms with E-state index in [0.29, 0.717) is 37.9 Å². The van der Waals surface area contributed by atoms with Crippen LogP contribution in [0.15, 0.2) is 22.7 Å². The number of nitrogens with zero attached hydrogens (tertiary/aromatic N) is 1. The fourth-order valence-corrected chi connectivity index (χ4v) is 2.21. The molecule has 0 spiro atoms. The molecule has 1 aliphatic heterocycles. The number of methoxy groups -OCH3 is 1. The Morgan fingerprint density at radius 3 is 2.85 bits per heavy atom. The van der Waals surface area contributed by atoms with E-state index in [0.717, 1.165) is 22.6 Å². The van der Waals surface area contributed by atoms with Gasteiger partial charge in [-0.1, -0.05) is 11.2 Å². The molecule has 0 radical (unpaired) electrons. The Balaban J connectivity index is 1.98. The average Bonchev–Trinajstić information content (AvgIpc) is 2.85. The van der Waals surface area contributed by atoms with E-state index in [1.807, 2.05) is 18.2 Å². The van der Waals surface area contributed by atoms with Crippen LogP contribution in [0.2, 0.25) is 0 Å². The van der Waals surface area contributed by atoms with E-state index >= 15 is 0 Å². The zero-order valence-electron chi connectivity index (χ0n) is 11.2. The quantitative estimate of drug-likeness (QED) is 0.918. The van der Waals surface area contributed by atoms with E-state index in [2.05, 4.69) is 5.16 Å². The van der Waals surface area contributed by atoms with E-state index in [-0.39, 0.29) is 0 Å². The Morgan fingerprint density at radius 1 is 1.25 bits per heavy atom. The smallest absolute Gasteiger partial charge is 0.230 e. The molecule has 0 fully saturated rings. The summed E-state index contributed by atoms with van der Waals surface area (Å²) in [5, 5.41) is 3.99. The van der Waals surface area contributed by atoms with Crippen molar-refractivity contribution in [2.45, 2.75) is 6.42 Å². The van der Waals surface area contributed by atoms with Crippen LogP contribution < -0.4 is 15.2 Å². The summed E-state index contributed by atoms with van der Waals surface area (Å²) in [7, 11) is 1.65. The van der Waals surface area contributed by atoms with Crippen molar-refractivity contribution >= 4 is 5.88 Å². The van der Waals surface area contributed by atoms with Crippen LogP contribution >= 0.6 is 0 Å². The number of nitrogens with two attached hydrogens (primary N) is 1. The maximum atomic E-state index is 5.88. The molecule has 0 aliphatic carbocycles. The van der Waals surface area contributed by atoms with Gasteiger partial charge in [0.05, 0.1) is 17.9 Å². The summed E-state index contributed by atoms with van der Waals surface area (Å²) in [6.07, 6.45) is 0.640. The summed E-state index contributed by atoms with van der Waals surface area (Å²) in [6, 6.07) is 5.69. The molecule has 20 heavy (non-hydrogen) atoms. The predicted octanol–water partition coefficient (Wildman–Crippen LogP) is 1.88. The van der Waals surface area contributed by atoms with Gasteiger partial charge in [0.2, 0.25) is 5.88 Å². The fourth-order valence-electron chi connectivity index (χ4n) is 2.21. The molecule has 6 heteroatoms. The van der Waals surface area contributed by atoms with Crippen molar-refractivity contribution in [3.8, 4) is 22.6 Å². The Morgan fingerprint density at radius 2 is 2.05 bits per heavy atom. The largest absolute Gasteiger partial charge is 0.486 e. The lowest BCUT2D eigenvalue weighted by atomic mass is 10.0. The minimum atomic E-state index is 0.299. The van der Waals surface area contributed by atoms with E-state index in [9.17, 15) is 0 Å². The van der Waals surface area contributed by atoms with Gasteiger partial charge in [0.25, 0.3) is 0 Å². The van der Waals surface area contributed by atoms with Gasteiger partial charge < -0.3 is 24.5 Å². The maximum absolute atomic E-state index is 5.88.